The Morgan fingerprint density at radius 3 is 2.86 bits per heavy atom. The first-order chi connectivity index (χ1) is 6.80. The third-order valence-corrected chi connectivity index (χ3v) is 2.36. The van der Waals surface area contributed by atoms with Gasteiger partial charge in [0.2, 0.25) is 0 Å². The van der Waals surface area contributed by atoms with Gasteiger partial charge in [-0.1, -0.05) is 6.92 Å². The number of thioether (sulfide) groups is 1. The van der Waals surface area contributed by atoms with Crippen LogP contribution in [0, 0.1) is 0 Å². The van der Waals surface area contributed by atoms with E-state index in [-0.39, 0.29) is 0 Å². The van der Waals surface area contributed by atoms with Gasteiger partial charge in [-0.25, -0.2) is 9.97 Å². The molecule has 0 aromatic carbocycles. The number of nitrogens with zero attached hydrogens (tertiary/aromatic N) is 2. The van der Waals surface area contributed by atoms with E-state index in [4.69, 9.17) is 4.74 Å². The molecule has 0 unspecified atom stereocenters. The lowest BCUT2D eigenvalue weighted by atomic mass is 10.5. The van der Waals surface area contributed by atoms with Crippen LogP contribution in [0.2, 0.25) is 0 Å². The third-order valence-electron chi connectivity index (χ3n) is 1.57. The predicted molar refractivity (Wildman–Crippen MR) is 58.7 cm³/mol. The Balaban J connectivity index is 2.88. The van der Waals surface area contributed by atoms with Crippen LogP contribution in [0.3, 0.4) is 0 Å². The summed E-state index contributed by atoms with van der Waals surface area (Å²) in [6.45, 7) is 2.55. The van der Waals surface area contributed by atoms with Crippen LogP contribution in [0.15, 0.2) is 11.1 Å². The van der Waals surface area contributed by atoms with Gasteiger partial charge in [0.1, 0.15) is 17.5 Å². The standard InChI is InChI=1S/C9H15N3OS/c1-4-14-9-5-7(10-2)11-8(12-9)6-13-3/h5H,4,6H2,1-3H3,(H,10,11,12). The van der Waals surface area contributed by atoms with Crippen molar-refractivity contribution >= 4 is 17.6 Å². The van der Waals surface area contributed by atoms with Crippen LogP contribution in [-0.4, -0.2) is 29.9 Å². The summed E-state index contributed by atoms with van der Waals surface area (Å²) in [7, 11) is 3.49. The number of nitrogens with one attached hydrogen (secondary N) is 1. The second-order valence-electron chi connectivity index (χ2n) is 2.62. The third kappa shape index (κ3) is 3.16. The van der Waals surface area contributed by atoms with E-state index in [1.165, 1.54) is 0 Å². The number of hydrogen-bond acceptors (Lipinski definition) is 5. The lowest BCUT2D eigenvalue weighted by Gasteiger charge is -2.05. The van der Waals surface area contributed by atoms with Crippen molar-refractivity contribution in [3.8, 4) is 0 Å². The number of methoxy groups -OCH3 is 1. The summed E-state index contributed by atoms with van der Waals surface area (Å²) in [5.74, 6) is 2.56. The lowest BCUT2D eigenvalue weighted by Crippen LogP contribution is -2.02. The van der Waals surface area contributed by atoms with Crippen LogP contribution < -0.4 is 5.32 Å². The average molecular weight is 213 g/mol. The molecule has 0 radical (unpaired) electrons. The zero-order chi connectivity index (χ0) is 10.4. The van der Waals surface area contributed by atoms with Gasteiger partial charge in [-0.3, -0.25) is 0 Å². The fraction of sp³-hybridized carbons (Fsp3) is 0.556. The molecule has 1 aromatic rings. The van der Waals surface area contributed by atoms with E-state index in [9.17, 15) is 0 Å². The monoisotopic (exact) mass is 213 g/mol. The van der Waals surface area contributed by atoms with Gasteiger partial charge in [0.15, 0.2) is 5.82 Å². The quantitative estimate of drug-likeness (QED) is 0.596. The molecule has 14 heavy (non-hydrogen) atoms. The Hall–Kier alpha value is -0.810. The maximum Gasteiger partial charge on any atom is 0.157 e. The van der Waals surface area contributed by atoms with Gasteiger partial charge < -0.3 is 10.1 Å². The highest BCUT2D eigenvalue weighted by Crippen LogP contribution is 2.18. The smallest absolute Gasteiger partial charge is 0.157 e. The van der Waals surface area contributed by atoms with Crippen molar-refractivity contribution in [1.29, 1.82) is 0 Å². The highest BCUT2D eigenvalue weighted by molar-refractivity contribution is 7.99. The molecule has 0 aliphatic heterocycles. The summed E-state index contributed by atoms with van der Waals surface area (Å²) in [6.07, 6.45) is 0. The van der Waals surface area contributed by atoms with Crippen LogP contribution in [0.25, 0.3) is 0 Å². The van der Waals surface area contributed by atoms with Crippen LogP contribution in [0.1, 0.15) is 12.7 Å². The molecule has 0 saturated heterocycles. The molecule has 0 atom stereocenters. The molecule has 0 amide bonds. The first-order valence-electron chi connectivity index (χ1n) is 4.47. The Kier molecular flexibility index (Phi) is 4.69. The number of anilines is 1. The van der Waals surface area contributed by atoms with Gasteiger partial charge in [0, 0.05) is 20.2 Å². The van der Waals surface area contributed by atoms with E-state index >= 15 is 0 Å². The molecule has 0 fully saturated rings. The normalized spacial score (nSPS) is 10.2. The molecule has 0 spiro atoms. The number of hydrogen-bond donors (Lipinski definition) is 1. The predicted octanol–water partition coefficient (Wildman–Crippen LogP) is 1.78. The summed E-state index contributed by atoms with van der Waals surface area (Å²) < 4.78 is 5.00. The van der Waals surface area contributed by atoms with Gasteiger partial charge in [-0.15, -0.1) is 11.8 Å². The molecule has 4 nitrogen and oxygen atoms in total. The van der Waals surface area contributed by atoms with Crippen LogP contribution in [-0.2, 0) is 11.3 Å². The summed E-state index contributed by atoms with van der Waals surface area (Å²) >= 11 is 1.70. The SMILES string of the molecule is CCSc1cc(NC)nc(COC)n1. The topological polar surface area (TPSA) is 47.0 Å². The second-order valence-corrected chi connectivity index (χ2v) is 3.91. The van der Waals surface area contributed by atoms with Crippen molar-refractivity contribution < 1.29 is 4.74 Å². The second kappa shape index (κ2) is 5.82. The van der Waals surface area contributed by atoms with Crippen molar-refractivity contribution in [3.05, 3.63) is 11.9 Å². The summed E-state index contributed by atoms with van der Waals surface area (Å²) in [6, 6.07) is 1.94. The van der Waals surface area contributed by atoms with Crippen LogP contribution in [0.4, 0.5) is 5.82 Å². The Bertz CT molecular complexity index is 269. The molecule has 0 saturated carbocycles. The van der Waals surface area contributed by atoms with Crippen molar-refractivity contribution in [2.75, 3.05) is 25.2 Å². The minimum atomic E-state index is 0.451. The van der Waals surface area contributed by atoms with Gasteiger partial charge >= 0.3 is 0 Å². The molecule has 0 aliphatic rings. The highest BCUT2D eigenvalue weighted by atomic mass is 32.2. The Morgan fingerprint density at radius 1 is 1.50 bits per heavy atom. The number of aromatic nitrogens is 2. The molecule has 78 valence electrons. The summed E-state index contributed by atoms with van der Waals surface area (Å²) in [5.41, 5.74) is 0. The summed E-state index contributed by atoms with van der Waals surface area (Å²) in [4.78, 5) is 8.61. The Morgan fingerprint density at radius 2 is 2.29 bits per heavy atom. The van der Waals surface area contributed by atoms with Crippen molar-refractivity contribution in [2.24, 2.45) is 0 Å². The number of rotatable bonds is 5. The van der Waals surface area contributed by atoms with Crippen LogP contribution >= 0.6 is 11.8 Å². The average Bonchev–Trinajstić information content (AvgIpc) is 2.18. The lowest BCUT2D eigenvalue weighted by molar-refractivity contribution is 0.177. The zero-order valence-corrected chi connectivity index (χ0v) is 9.52. The minimum absolute atomic E-state index is 0.451. The molecule has 1 rings (SSSR count). The summed E-state index contributed by atoms with van der Waals surface area (Å²) in [5, 5.41) is 3.99. The maximum absolute atomic E-state index is 5.00. The molecular formula is C9H15N3OS. The first kappa shape index (κ1) is 11.3. The van der Waals surface area contributed by atoms with Gasteiger partial charge in [0.05, 0.1) is 0 Å². The van der Waals surface area contributed by atoms with Crippen molar-refractivity contribution in [1.82, 2.24) is 9.97 Å². The minimum Gasteiger partial charge on any atom is -0.377 e. The molecule has 0 aliphatic carbocycles. The Labute approximate surface area is 88.5 Å². The van der Waals surface area contributed by atoms with Crippen molar-refractivity contribution in [2.45, 2.75) is 18.6 Å². The van der Waals surface area contributed by atoms with Crippen molar-refractivity contribution in [3.63, 3.8) is 0 Å². The maximum atomic E-state index is 5.00. The van der Waals surface area contributed by atoms with E-state index in [1.807, 2.05) is 13.1 Å². The molecule has 1 N–H and O–H groups in total. The highest BCUT2D eigenvalue weighted by Gasteiger charge is 2.03. The van der Waals surface area contributed by atoms with E-state index in [1.54, 1.807) is 18.9 Å². The fourth-order valence-electron chi connectivity index (χ4n) is 1.02. The fourth-order valence-corrected chi connectivity index (χ4v) is 1.68. The molecular weight excluding hydrogens is 198 g/mol. The molecule has 1 heterocycles. The molecule has 1 aromatic heterocycles. The van der Waals surface area contributed by atoms with E-state index in [0.717, 1.165) is 22.4 Å². The van der Waals surface area contributed by atoms with Crippen LogP contribution in [0.5, 0.6) is 0 Å². The van der Waals surface area contributed by atoms with Gasteiger partial charge in [0.25, 0.3) is 0 Å². The van der Waals surface area contributed by atoms with Gasteiger partial charge in [-0.2, -0.15) is 0 Å². The van der Waals surface area contributed by atoms with E-state index in [0.29, 0.717) is 6.61 Å². The largest absolute Gasteiger partial charge is 0.377 e. The van der Waals surface area contributed by atoms with Gasteiger partial charge in [-0.05, 0) is 5.75 Å². The molecule has 5 heteroatoms. The van der Waals surface area contributed by atoms with E-state index in [2.05, 4.69) is 22.2 Å². The first-order valence-corrected chi connectivity index (χ1v) is 5.46. The number of ether oxygens (including phenoxy) is 1. The van der Waals surface area contributed by atoms with E-state index < -0.39 is 0 Å². The zero-order valence-electron chi connectivity index (χ0n) is 8.70. The molecule has 0 bridgehead atoms.